The summed E-state index contributed by atoms with van der Waals surface area (Å²) in [5.41, 5.74) is 3.75. The molecule has 0 fully saturated rings. The number of Topliss-reactive ketones (excluding diaryl/α,β-unsaturated/α-hetero) is 2. The third-order valence-electron chi connectivity index (χ3n) is 7.82. The van der Waals surface area contributed by atoms with E-state index in [1.165, 1.54) is 0 Å². The highest BCUT2D eigenvalue weighted by molar-refractivity contribution is 9.10. The molecule has 0 saturated carbocycles. The molecular weight excluding hydrogens is 532 g/mol. The smallest absolute Gasteiger partial charge is 0.251 e. The van der Waals surface area contributed by atoms with Crippen molar-refractivity contribution in [3.8, 4) is 5.75 Å². The van der Waals surface area contributed by atoms with Gasteiger partial charge in [0, 0.05) is 55.8 Å². The van der Waals surface area contributed by atoms with E-state index in [1.54, 1.807) is 30.2 Å². The van der Waals surface area contributed by atoms with Crippen LogP contribution in [0.25, 0.3) is 5.70 Å². The molecule has 0 aromatic heterocycles. The molecule has 2 aliphatic heterocycles. The molecule has 3 aromatic carbocycles. The Morgan fingerprint density at radius 1 is 0.919 bits per heavy atom. The lowest BCUT2D eigenvalue weighted by atomic mass is 9.63. The molecule has 37 heavy (non-hydrogen) atoms. The number of benzene rings is 3. The van der Waals surface area contributed by atoms with Crippen molar-refractivity contribution >= 4 is 50.5 Å². The van der Waals surface area contributed by atoms with Gasteiger partial charge in [0.05, 0.1) is 12.8 Å². The number of nitrogens with one attached hydrogen (secondary N) is 1. The SMILES string of the molecule is COc1ccc(N2C(=O)C3(C4=C(Nc5ccc(Br)cc53)c3ccccc3C4=O)C3=C2CCCC3=O)cc1. The molecule has 1 N–H and O–H groups in total. The number of nitrogens with zero attached hydrogens (tertiary/aromatic N) is 1. The van der Waals surface area contributed by atoms with Crippen LogP contribution in [0.2, 0.25) is 0 Å². The predicted octanol–water partition coefficient (Wildman–Crippen LogP) is 5.78. The number of methoxy groups -OCH3 is 1. The molecule has 3 aromatic rings. The van der Waals surface area contributed by atoms with E-state index in [2.05, 4.69) is 21.2 Å². The molecule has 0 bridgehead atoms. The number of fused-ring (bicyclic) bond motifs is 6. The van der Waals surface area contributed by atoms with Gasteiger partial charge in [0.25, 0.3) is 5.91 Å². The normalized spacial score (nSPS) is 21.7. The molecule has 7 heteroatoms. The summed E-state index contributed by atoms with van der Waals surface area (Å²) in [7, 11) is 1.59. The van der Waals surface area contributed by atoms with Crippen LogP contribution in [0.15, 0.2) is 88.0 Å². The number of halogens is 1. The summed E-state index contributed by atoms with van der Waals surface area (Å²) in [6.07, 6.45) is 1.56. The number of ether oxygens (including phenoxy) is 1. The van der Waals surface area contributed by atoms with E-state index in [9.17, 15) is 14.4 Å². The summed E-state index contributed by atoms with van der Waals surface area (Å²) in [6.45, 7) is 0. The maximum Gasteiger partial charge on any atom is 0.251 e. The minimum atomic E-state index is -1.54. The Kier molecular flexibility index (Phi) is 4.67. The van der Waals surface area contributed by atoms with Crippen LogP contribution >= 0.6 is 15.9 Å². The quantitative estimate of drug-likeness (QED) is 0.436. The minimum absolute atomic E-state index is 0.0888. The van der Waals surface area contributed by atoms with Gasteiger partial charge < -0.3 is 10.1 Å². The summed E-state index contributed by atoms with van der Waals surface area (Å²) < 4.78 is 6.09. The molecule has 0 radical (unpaired) electrons. The molecule has 7 rings (SSSR count). The molecule has 1 amide bonds. The van der Waals surface area contributed by atoms with Crippen molar-refractivity contribution in [2.45, 2.75) is 24.7 Å². The maximum absolute atomic E-state index is 14.9. The number of carbonyl (C=O) groups excluding carboxylic acids is 3. The molecule has 1 atom stereocenters. The Morgan fingerprint density at radius 3 is 2.43 bits per heavy atom. The number of hydrogen-bond acceptors (Lipinski definition) is 5. The van der Waals surface area contributed by atoms with Crippen LogP contribution in [-0.4, -0.2) is 24.6 Å². The first-order valence-corrected chi connectivity index (χ1v) is 13.0. The fraction of sp³-hybridized carbons (Fsp3) is 0.167. The zero-order chi connectivity index (χ0) is 25.5. The lowest BCUT2D eigenvalue weighted by Gasteiger charge is -2.38. The zero-order valence-corrected chi connectivity index (χ0v) is 21.5. The standard InChI is InChI=1S/C30H21BrN2O4/c1-37-18-12-10-17(11-13-18)33-23-7-4-8-24(34)25(23)30(29(33)36)21-15-16(31)9-14-22(21)32-27-19-5-2-3-6-20(19)28(35)26(27)30/h2-3,5-6,9-15,32H,4,7-8H2,1H3. The molecule has 0 saturated heterocycles. The second-order valence-corrected chi connectivity index (χ2v) is 10.5. The van der Waals surface area contributed by atoms with E-state index < -0.39 is 5.41 Å². The van der Waals surface area contributed by atoms with Crippen molar-refractivity contribution in [2.75, 3.05) is 17.3 Å². The Labute approximate surface area is 221 Å². The van der Waals surface area contributed by atoms with Crippen LogP contribution in [0.1, 0.15) is 40.7 Å². The first-order chi connectivity index (χ1) is 18.0. The van der Waals surface area contributed by atoms with Crippen molar-refractivity contribution in [3.63, 3.8) is 0 Å². The van der Waals surface area contributed by atoms with Gasteiger partial charge in [-0.05, 0) is 55.3 Å². The van der Waals surface area contributed by atoms with Gasteiger partial charge in [-0.1, -0.05) is 40.2 Å². The van der Waals surface area contributed by atoms with E-state index in [4.69, 9.17) is 4.74 Å². The van der Waals surface area contributed by atoms with Crippen LogP contribution < -0.4 is 15.0 Å². The van der Waals surface area contributed by atoms with Gasteiger partial charge in [-0.25, -0.2) is 0 Å². The number of anilines is 2. The lowest BCUT2D eigenvalue weighted by Crippen LogP contribution is -2.47. The second kappa shape index (κ2) is 7.76. The number of carbonyl (C=O) groups is 3. The van der Waals surface area contributed by atoms with Crippen LogP contribution in [0.5, 0.6) is 5.75 Å². The fourth-order valence-electron chi connectivity index (χ4n) is 6.33. The topological polar surface area (TPSA) is 75.7 Å². The molecule has 2 heterocycles. The van der Waals surface area contributed by atoms with Crippen molar-refractivity contribution in [1.82, 2.24) is 0 Å². The van der Waals surface area contributed by atoms with E-state index in [-0.39, 0.29) is 17.5 Å². The monoisotopic (exact) mass is 552 g/mol. The number of allylic oxidation sites excluding steroid dienone is 1. The summed E-state index contributed by atoms with van der Waals surface area (Å²) in [5, 5.41) is 3.44. The van der Waals surface area contributed by atoms with Crippen LogP contribution in [-0.2, 0) is 15.0 Å². The van der Waals surface area contributed by atoms with Crippen LogP contribution in [0, 0.1) is 0 Å². The summed E-state index contributed by atoms with van der Waals surface area (Å²) in [5.74, 6) is 0.0573. The molecule has 4 aliphatic rings. The summed E-state index contributed by atoms with van der Waals surface area (Å²) in [6, 6.07) is 20.3. The first kappa shape index (κ1) is 22.2. The molecule has 182 valence electrons. The van der Waals surface area contributed by atoms with Gasteiger partial charge in [-0.15, -0.1) is 0 Å². The third-order valence-corrected chi connectivity index (χ3v) is 8.32. The molecule has 6 nitrogen and oxygen atoms in total. The summed E-state index contributed by atoms with van der Waals surface area (Å²) in [4.78, 5) is 44.5. The van der Waals surface area contributed by atoms with Gasteiger partial charge in [0.15, 0.2) is 11.6 Å². The highest BCUT2D eigenvalue weighted by atomic mass is 79.9. The van der Waals surface area contributed by atoms with Gasteiger partial charge in [-0.3, -0.25) is 19.3 Å². The molecule has 1 unspecified atom stereocenters. The average Bonchev–Trinajstić information content (AvgIpc) is 3.35. The van der Waals surface area contributed by atoms with Gasteiger partial charge in [0.1, 0.15) is 11.2 Å². The maximum atomic E-state index is 14.9. The van der Waals surface area contributed by atoms with Crippen molar-refractivity contribution < 1.29 is 19.1 Å². The van der Waals surface area contributed by atoms with E-state index in [0.717, 1.165) is 10.0 Å². The molecular formula is C30H21BrN2O4. The zero-order valence-electron chi connectivity index (χ0n) is 19.9. The highest BCUT2D eigenvalue weighted by Gasteiger charge is 2.64. The fourth-order valence-corrected chi connectivity index (χ4v) is 6.70. The van der Waals surface area contributed by atoms with Gasteiger partial charge >= 0.3 is 0 Å². The van der Waals surface area contributed by atoms with Gasteiger partial charge in [0.2, 0.25) is 0 Å². The Balaban J connectivity index is 1.58. The Bertz CT molecular complexity index is 1640. The largest absolute Gasteiger partial charge is 0.497 e. The predicted molar refractivity (Wildman–Crippen MR) is 143 cm³/mol. The Hall–Kier alpha value is -3.97. The van der Waals surface area contributed by atoms with Crippen molar-refractivity contribution in [2.24, 2.45) is 0 Å². The van der Waals surface area contributed by atoms with Gasteiger partial charge in [-0.2, -0.15) is 0 Å². The highest BCUT2D eigenvalue weighted by Crippen LogP contribution is 2.60. The van der Waals surface area contributed by atoms with E-state index in [1.807, 2.05) is 48.5 Å². The molecule has 2 aliphatic carbocycles. The minimum Gasteiger partial charge on any atom is -0.497 e. The van der Waals surface area contributed by atoms with Crippen LogP contribution in [0.4, 0.5) is 11.4 Å². The van der Waals surface area contributed by atoms with E-state index >= 15 is 0 Å². The Morgan fingerprint density at radius 2 is 1.68 bits per heavy atom. The molecule has 1 spiro atoms. The number of ketones is 2. The van der Waals surface area contributed by atoms with Crippen molar-refractivity contribution in [3.05, 3.63) is 105 Å². The van der Waals surface area contributed by atoms with Crippen molar-refractivity contribution in [1.29, 1.82) is 0 Å². The van der Waals surface area contributed by atoms with Crippen LogP contribution in [0.3, 0.4) is 0 Å². The van der Waals surface area contributed by atoms with E-state index in [0.29, 0.717) is 70.1 Å². The third kappa shape index (κ3) is 2.77. The summed E-state index contributed by atoms with van der Waals surface area (Å²) >= 11 is 3.57. The first-order valence-electron chi connectivity index (χ1n) is 12.2. The lowest BCUT2D eigenvalue weighted by molar-refractivity contribution is -0.122. The number of rotatable bonds is 2. The second-order valence-electron chi connectivity index (χ2n) is 9.63. The average molecular weight is 553 g/mol. The number of amides is 1. The number of hydrogen-bond donors (Lipinski definition) is 1.